The minimum absolute atomic E-state index is 0.198. The van der Waals surface area contributed by atoms with E-state index in [9.17, 15) is 4.79 Å². The standard InChI is InChI=1S/C15H22N2O3/c1-3-16-11(2)8-12-4-6-13(7-5-12)19-10-14-9-17-15(18)20-14/h4-7,11,14,16H,3,8-10H2,1-2H3,(H,17,18). The Morgan fingerprint density at radius 3 is 2.80 bits per heavy atom. The highest BCUT2D eigenvalue weighted by Gasteiger charge is 2.22. The number of ether oxygens (including phenoxy) is 2. The smallest absolute Gasteiger partial charge is 0.407 e. The van der Waals surface area contributed by atoms with Crippen LogP contribution in [0.15, 0.2) is 24.3 Å². The third-order valence-corrected chi connectivity index (χ3v) is 3.20. The lowest BCUT2D eigenvalue weighted by atomic mass is 10.1. The van der Waals surface area contributed by atoms with E-state index in [0.717, 1.165) is 18.7 Å². The molecule has 5 nitrogen and oxygen atoms in total. The van der Waals surface area contributed by atoms with Crippen molar-refractivity contribution in [2.45, 2.75) is 32.4 Å². The largest absolute Gasteiger partial charge is 0.490 e. The first-order valence-corrected chi connectivity index (χ1v) is 7.07. The molecule has 1 aliphatic heterocycles. The number of likely N-dealkylation sites (N-methyl/N-ethyl adjacent to an activating group) is 1. The van der Waals surface area contributed by atoms with Gasteiger partial charge in [-0.2, -0.15) is 0 Å². The highest BCUT2D eigenvalue weighted by molar-refractivity contribution is 5.69. The summed E-state index contributed by atoms with van der Waals surface area (Å²) < 4.78 is 10.6. The molecule has 0 saturated carbocycles. The second-order valence-corrected chi connectivity index (χ2v) is 5.03. The molecule has 0 aromatic heterocycles. The van der Waals surface area contributed by atoms with E-state index in [2.05, 4.69) is 36.6 Å². The molecule has 1 heterocycles. The number of amides is 1. The minimum Gasteiger partial charge on any atom is -0.490 e. The van der Waals surface area contributed by atoms with Gasteiger partial charge in [0.05, 0.1) is 6.54 Å². The van der Waals surface area contributed by atoms with Crippen molar-refractivity contribution in [3.8, 4) is 5.75 Å². The molecule has 0 aliphatic carbocycles. The van der Waals surface area contributed by atoms with Crippen LogP contribution >= 0.6 is 0 Å². The van der Waals surface area contributed by atoms with Gasteiger partial charge in [-0.1, -0.05) is 19.1 Å². The van der Waals surface area contributed by atoms with Crippen LogP contribution in [0.1, 0.15) is 19.4 Å². The molecule has 20 heavy (non-hydrogen) atoms. The van der Waals surface area contributed by atoms with Crippen molar-refractivity contribution in [3.05, 3.63) is 29.8 Å². The quantitative estimate of drug-likeness (QED) is 0.797. The SMILES string of the molecule is CCNC(C)Cc1ccc(OCC2CNC(=O)O2)cc1. The molecule has 1 amide bonds. The molecule has 1 fully saturated rings. The van der Waals surface area contributed by atoms with E-state index < -0.39 is 0 Å². The number of benzene rings is 1. The van der Waals surface area contributed by atoms with Gasteiger partial charge < -0.3 is 20.1 Å². The van der Waals surface area contributed by atoms with Gasteiger partial charge in [-0.05, 0) is 37.6 Å². The lowest BCUT2D eigenvalue weighted by molar-refractivity contribution is 0.105. The highest BCUT2D eigenvalue weighted by Crippen LogP contribution is 2.14. The van der Waals surface area contributed by atoms with Gasteiger partial charge in [0.25, 0.3) is 0 Å². The lowest BCUT2D eigenvalue weighted by Gasteiger charge is -2.13. The number of rotatable bonds is 7. The van der Waals surface area contributed by atoms with Crippen LogP contribution in [0.3, 0.4) is 0 Å². The van der Waals surface area contributed by atoms with Gasteiger partial charge in [0.15, 0.2) is 6.10 Å². The van der Waals surface area contributed by atoms with Crippen molar-refractivity contribution >= 4 is 6.09 Å². The normalized spacial score (nSPS) is 19.3. The van der Waals surface area contributed by atoms with Crippen LogP contribution in [0, 0.1) is 0 Å². The summed E-state index contributed by atoms with van der Waals surface area (Å²) in [6.07, 6.45) is 0.431. The fourth-order valence-corrected chi connectivity index (χ4v) is 2.21. The number of carbonyl (C=O) groups is 1. The average molecular weight is 278 g/mol. The van der Waals surface area contributed by atoms with E-state index in [-0.39, 0.29) is 12.2 Å². The molecule has 1 saturated heterocycles. The first kappa shape index (κ1) is 14.7. The second kappa shape index (κ2) is 7.14. The Balaban J connectivity index is 1.77. The molecule has 2 rings (SSSR count). The third-order valence-electron chi connectivity index (χ3n) is 3.20. The molecule has 2 atom stereocenters. The topological polar surface area (TPSA) is 59.6 Å². The number of nitrogens with one attached hydrogen (secondary N) is 2. The van der Waals surface area contributed by atoms with E-state index in [0.29, 0.717) is 19.2 Å². The van der Waals surface area contributed by atoms with E-state index >= 15 is 0 Å². The maximum atomic E-state index is 10.9. The molecule has 0 radical (unpaired) electrons. The predicted molar refractivity (Wildman–Crippen MR) is 77.1 cm³/mol. The van der Waals surface area contributed by atoms with Gasteiger partial charge in [0.2, 0.25) is 0 Å². The van der Waals surface area contributed by atoms with Crippen LogP contribution in [0.25, 0.3) is 0 Å². The van der Waals surface area contributed by atoms with Gasteiger partial charge in [0.1, 0.15) is 12.4 Å². The second-order valence-electron chi connectivity index (χ2n) is 5.03. The fourth-order valence-electron chi connectivity index (χ4n) is 2.21. The summed E-state index contributed by atoms with van der Waals surface area (Å²) in [4.78, 5) is 10.9. The Hall–Kier alpha value is -1.75. The Labute approximate surface area is 119 Å². The van der Waals surface area contributed by atoms with E-state index in [1.54, 1.807) is 0 Å². The molecule has 1 aromatic carbocycles. The molecule has 1 aromatic rings. The molecule has 0 bridgehead atoms. The summed E-state index contributed by atoms with van der Waals surface area (Å²) in [5.74, 6) is 0.799. The molecular weight excluding hydrogens is 256 g/mol. The third kappa shape index (κ3) is 4.42. The Bertz CT molecular complexity index is 433. The number of hydrogen-bond donors (Lipinski definition) is 2. The van der Waals surface area contributed by atoms with Crippen LogP contribution in [0.4, 0.5) is 4.79 Å². The van der Waals surface area contributed by atoms with E-state index in [1.807, 2.05) is 12.1 Å². The Morgan fingerprint density at radius 1 is 1.45 bits per heavy atom. The Kier molecular flexibility index (Phi) is 5.24. The first-order chi connectivity index (χ1) is 9.67. The van der Waals surface area contributed by atoms with Crippen molar-refractivity contribution in [1.29, 1.82) is 0 Å². The monoisotopic (exact) mass is 278 g/mol. The van der Waals surface area contributed by atoms with Crippen LogP contribution in [0.5, 0.6) is 5.75 Å². The molecule has 5 heteroatoms. The summed E-state index contributed by atoms with van der Waals surface area (Å²) in [6, 6.07) is 8.52. The van der Waals surface area contributed by atoms with Crippen molar-refractivity contribution in [3.63, 3.8) is 0 Å². The number of carbonyl (C=O) groups excluding carboxylic acids is 1. The maximum absolute atomic E-state index is 10.9. The van der Waals surface area contributed by atoms with Crippen LogP contribution < -0.4 is 15.4 Å². The molecular formula is C15H22N2O3. The number of hydrogen-bond acceptors (Lipinski definition) is 4. The summed E-state index contributed by atoms with van der Waals surface area (Å²) in [5.41, 5.74) is 1.28. The zero-order valence-corrected chi connectivity index (χ0v) is 12.0. The highest BCUT2D eigenvalue weighted by atomic mass is 16.6. The maximum Gasteiger partial charge on any atom is 0.407 e. The van der Waals surface area contributed by atoms with E-state index in [1.165, 1.54) is 5.56 Å². The lowest BCUT2D eigenvalue weighted by Crippen LogP contribution is -2.27. The average Bonchev–Trinajstić information content (AvgIpc) is 2.84. The van der Waals surface area contributed by atoms with Gasteiger partial charge >= 0.3 is 6.09 Å². The molecule has 2 unspecified atom stereocenters. The summed E-state index contributed by atoms with van der Waals surface area (Å²) in [5, 5.41) is 5.99. The predicted octanol–water partition coefficient (Wildman–Crippen LogP) is 1.71. The number of alkyl carbamates (subject to hydrolysis) is 1. The zero-order chi connectivity index (χ0) is 14.4. The van der Waals surface area contributed by atoms with Crippen LogP contribution in [-0.2, 0) is 11.2 Å². The van der Waals surface area contributed by atoms with Crippen molar-refractivity contribution in [1.82, 2.24) is 10.6 Å². The van der Waals surface area contributed by atoms with Gasteiger partial charge in [0, 0.05) is 6.04 Å². The molecule has 2 N–H and O–H groups in total. The van der Waals surface area contributed by atoms with Gasteiger partial charge in [-0.3, -0.25) is 0 Å². The molecule has 110 valence electrons. The first-order valence-electron chi connectivity index (χ1n) is 7.07. The minimum atomic E-state index is -0.369. The number of cyclic esters (lactones) is 1. The van der Waals surface area contributed by atoms with Crippen molar-refractivity contribution in [2.24, 2.45) is 0 Å². The van der Waals surface area contributed by atoms with Crippen LogP contribution in [-0.4, -0.2) is 37.9 Å². The Morgan fingerprint density at radius 2 is 2.20 bits per heavy atom. The zero-order valence-electron chi connectivity index (χ0n) is 12.0. The van der Waals surface area contributed by atoms with Crippen LogP contribution in [0.2, 0.25) is 0 Å². The molecule has 1 aliphatic rings. The molecule has 0 spiro atoms. The summed E-state index contributed by atoms with van der Waals surface area (Å²) in [6.45, 7) is 6.16. The fraction of sp³-hybridized carbons (Fsp3) is 0.533. The van der Waals surface area contributed by atoms with Crippen molar-refractivity contribution in [2.75, 3.05) is 19.7 Å². The van der Waals surface area contributed by atoms with E-state index in [4.69, 9.17) is 9.47 Å². The van der Waals surface area contributed by atoms with Gasteiger partial charge in [-0.25, -0.2) is 4.79 Å². The summed E-state index contributed by atoms with van der Waals surface area (Å²) in [7, 11) is 0. The van der Waals surface area contributed by atoms with Crippen molar-refractivity contribution < 1.29 is 14.3 Å². The van der Waals surface area contributed by atoms with Gasteiger partial charge in [-0.15, -0.1) is 0 Å². The summed E-state index contributed by atoms with van der Waals surface area (Å²) >= 11 is 0.